The third kappa shape index (κ3) is 2.95. The summed E-state index contributed by atoms with van der Waals surface area (Å²) < 4.78 is 0. The number of hydrogen-bond acceptors (Lipinski definition) is 6. The van der Waals surface area contributed by atoms with Gasteiger partial charge < -0.3 is 14.9 Å². The van der Waals surface area contributed by atoms with Gasteiger partial charge >= 0.3 is 0 Å². The fraction of sp³-hybridized carbons (Fsp3) is 0.400. The monoisotopic (exact) mass is 285 g/mol. The highest BCUT2D eigenvalue weighted by atomic mass is 16.3. The van der Waals surface area contributed by atoms with Crippen molar-refractivity contribution < 1.29 is 5.11 Å². The van der Waals surface area contributed by atoms with Gasteiger partial charge in [0.05, 0.1) is 6.61 Å². The molecule has 1 N–H and O–H groups in total. The summed E-state index contributed by atoms with van der Waals surface area (Å²) in [5.74, 6) is 1.76. The van der Waals surface area contributed by atoms with Crippen molar-refractivity contribution in [1.82, 2.24) is 15.0 Å². The number of aliphatic hydroxyl groups is 1. The third-order valence-corrected chi connectivity index (χ3v) is 3.79. The Bertz CT molecular complexity index is 596. The van der Waals surface area contributed by atoms with Gasteiger partial charge in [0.2, 0.25) is 5.95 Å². The molecule has 2 aromatic rings. The molecule has 6 nitrogen and oxygen atoms in total. The first kappa shape index (κ1) is 13.8. The van der Waals surface area contributed by atoms with Crippen molar-refractivity contribution in [3.05, 3.63) is 41.9 Å². The Morgan fingerprint density at radius 2 is 1.71 bits per heavy atom. The third-order valence-electron chi connectivity index (χ3n) is 3.79. The van der Waals surface area contributed by atoms with Crippen LogP contribution in [-0.4, -0.2) is 46.2 Å². The van der Waals surface area contributed by atoms with Crippen molar-refractivity contribution in [2.75, 3.05) is 36.0 Å². The van der Waals surface area contributed by atoms with E-state index in [1.807, 2.05) is 25.1 Å². The molecular weight excluding hydrogens is 266 g/mol. The van der Waals surface area contributed by atoms with Crippen LogP contribution in [0.15, 0.2) is 30.6 Å². The SMILES string of the molecule is Cc1nc(N2CCN(c3ncccn3)CC2)ccc1CO. The van der Waals surface area contributed by atoms with E-state index in [-0.39, 0.29) is 6.61 Å². The summed E-state index contributed by atoms with van der Waals surface area (Å²) >= 11 is 0. The summed E-state index contributed by atoms with van der Waals surface area (Å²) in [6.45, 7) is 5.52. The minimum absolute atomic E-state index is 0.0399. The zero-order valence-electron chi connectivity index (χ0n) is 12.1. The van der Waals surface area contributed by atoms with Crippen molar-refractivity contribution >= 4 is 11.8 Å². The predicted molar refractivity (Wildman–Crippen MR) is 81.4 cm³/mol. The Balaban J connectivity index is 1.67. The van der Waals surface area contributed by atoms with E-state index in [0.717, 1.165) is 49.2 Å². The van der Waals surface area contributed by atoms with Crippen LogP contribution in [-0.2, 0) is 6.61 Å². The summed E-state index contributed by atoms with van der Waals surface area (Å²) in [6, 6.07) is 5.76. The number of pyridine rings is 1. The molecule has 1 aliphatic heterocycles. The van der Waals surface area contributed by atoms with Crippen molar-refractivity contribution in [3.8, 4) is 0 Å². The number of anilines is 2. The van der Waals surface area contributed by atoms with Crippen molar-refractivity contribution in [3.63, 3.8) is 0 Å². The van der Waals surface area contributed by atoms with Crippen LogP contribution in [0.25, 0.3) is 0 Å². The van der Waals surface area contributed by atoms with Crippen molar-refractivity contribution in [1.29, 1.82) is 0 Å². The maximum absolute atomic E-state index is 9.21. The second kappa shape index (κ2) is 6.05. The lowest BCUT2D eigenvalue weighted by molar-refractivity contribution is 0.280. The molecule has 21 heavy (non-hydrogen) atoms. The molecule has 3 heterocycles. The van der Waals surface area contributed by atoms with Gasteiger partial charge in [-0.05, 0) is 24.6 Å². The molecule has 0 spiro atoms. The van der Waals surface area contributed by atoms with Crippen molar-refractivity contribution in [2.45, 2.75) is 13.5 Å². The van der Waals surface area contributed by atoms with Gasteiger partial charge in [0, 0.05) is 44.3 Å². The quantitative estimate of drug-likeness (QED) is 0.907. The Labute approximate surface area is 124 Å². The van der Waals surface area contributed by atoms with Gasteiger partial charge in [-0.25, -0.2) is 15.0 Å². The summed E-state index contributed by atoms with van der Waals surface area (Å²) in [4.78, 5) is 17.6. The summed E-state index contributed by atoms with van der Waals surface area (Å²) in [7, 11) is 0. The van der Waals surface area contributed by atoms with E-state index < -0.39 is 0 Å². The Morgan fingerprint density at radius 3 is 2.33 bits per heavy atom. The Kier molecular flexibility index (Phi) is 3.96. The van der Waals surface area contributed by atoms with Crippen LogP contribution < -0.4 is 9.80 Å². The summed E-state index contributed by atoms with van der Waals surface area (Å²) in [5.41, 5.74) is 1.78. The van der Waals surface area contributed by atoms with Gasteiger partial charge in [-0.3, -0.25) is 0 Å². The van der Waals surface area contributed by atoms with Crippen LogP contribution >= 0.6 is 0 Å². The van der Waals surface area contributed by atoms with Crippen LogP contribution in [0.3, 0.4) is 0 Å². The van der Waals surface area contributed by atoms with E-state index in [2.05, 4.69) is 24.8 Å². The molecule has 0 aromatic carbocycles. The lowest BCUT2D eigenvalue weighted by Crippen LogP contribution is -2.47. The predicted octanol–water partition coefficient (Wildman–Crippen LogP) is 0.999. The van der Waals surface area contributed by atoms with Crippen LogP contribution in [0.1, 0.15) is 11.3 Å². The Hall–Kier alpha value is -2.21. The minimum Gasteiger partial charge on any atom is -0.392 e. The average molecular weight is 285 g/mol. The Morgan fingerprint density at radius 1 is 1.05 bits per heavy atom. The molecule has 2 aromatic heterocycles. The lowest BCUT2D eigenvalue weighted by Gasteiger charge is -2.35. The first-order chi connectivity index (χ1) is 10.3. The number of aliphatic hydroxyl groups excluding tert-OH is 1. The van der Waals surface area contributed by atoms with E-state index in [4.69, 9.17) is 0 Å². The zero-order chi connectivity index (χ0) is 14.7. The maximum Gasteiger partial charge on any atom is 0.225 e. The fourth-order valence-electron chi connectivity index (χ4n) is 2.51. The molecule has 0 unspecified atom stereocenters. The molecule has 0 bridgehead atoms. The number of nitrogens with zero attached hydrogens (tertiary/aromatic N) is 5. The van der Waals surface area contributed by atoms with E-state index in [9.17, 15) is 5.11 Å². The molecule has 1 fully saturated rings. The van der Waals surface area contributed by atoms with Gasteiger partial charge in [0.25, 0.3) is 0 Å². The van der Waals surface area contributed by atoms with Gasteiger partial charge in [-0.15, -0.1) is 0 Å². The molecule has 110 valence electrons. The normalized spacial score (nSPS) is 15.3. The average Bonchev–Trinajstić information content (AvgIpc) is 2.56. The standard InChI is InChI=1S/C15H19N5O/c1-12-13(11-21)3-4-14(18-12)19-7-9-20(10-8-19)15-16-5-2-6-17-15/h2-6,21H,7-11H2,1H3. The van der Waals surface area contributed by atoms with E-state index >= 15 is 0 Å². The molecule has 0 atom stereocenters. The highest BCUT2D eigenvalue weighted by Crippen LogP contribution is 2.18. The highest BCUT2D eigenvalue weighted by Gasteiger charge is 2.19. The molecule has 0 aliphatic carbocycles. The van der Waals surface area contributed by atoms with Gasteiger partial charge in [0.15, 0.2) is 0 Å². The van der Waals surface area contributed by atoms with E-state index in [1.165, 1.54) is 0 Å². The van der Waals surface area contributed by atoms with Crippen LogP contribution in [0.2, 0.25) is 0 Å². The molecule has 0 saturated carbocycles. The van der Waals surface area contributed by atoms with Crippen molar-refractivity contribution in [2.24, 2.45) is 0 Å². The van der Waals surface area contributed by atoms with Crippen LogP contribution in [0.4, 0.5) is 11.8 Å². The number of piperazine rings is 1. The molecule has 6 heteroatoms. The molecule has 0 radical (unpaired) electrons. The number of aromatic nitrogens is 3. The summed E-state index contributed by atoms with van der Waals surface area (Å²) in [6.07, 6.45) is 3.54. The highest BCUT2D eigenvalue weighted by molar-refractivity contribution is 5.44. The van der Waals surface area contributed by atoms with Crippen LogP contribution in [0, 0.1) is 6.92 Å². The lowest BCUT2D eigenvalue weighted by atomic mass is 10.2. The van der Waals surface area contributed by atoms with E-state index in [1.54, 1.807) is 12.4 Å². The van der Waals surface area contributed by atoms with Crippen LogP contribution in [0.5, 0.6) is 0 Å². The van der Waals surface area contributed by atoms with E-state index in [0.29, 0.717) is 0 Å². The number of rotatable bonds is 3. The molecule has 1 aliphatic rings. The second-order valence-electron chi connectivity index (χ2n) is 5.09. The van der Waals surface area contributed by atoms with Gasteiger partial charge in [-0.2, -0.15) is 0 Å². The second-order valence-corrected chi connectivity index (χ2v) is 5.09. The first-order valence-corrected chi connectivity index (χ1v) is 7.12. The summed E-state index contributed by atoms with van der Waals surface area (Å²) in [5, 5.41) is 9.21. The number of aryl methyl sites for hydroxylation is 1. The topological polar surface area (TPSA) is 65.4 Å². The first-order valence-electron chi connectivity index (χ1n) is 7.12. The molecule has 0 amide bonds. The van der Waals surface area contributed by atoms with Gasteiger partial charge in [0.1, 0.15) is 5.82 Å². The molecule has 1 saturated heterocycles. The smallest absolute Gasteiger partial charge is 0.225 e. The fourth-order valence-corrected chi connectivity index (χ4v) is 2.51. The molecule has 3 rings (SSSR count). The maximum atomic E-state index is 9.21. The van der Waals surface area contributed by atoms with Gasteiger partial charge in [-0.1, -0.05) is 6.07 Å². The largest absolute Gasteiger partial charge is 0.392 e. The molecular formula is C15H19N5O. The zero-order valence-corrected chi connectivity index (χ0v) is 12.1. The number of hydrogen-bond donors (Lipinski definition) is 1. The minimum atomic E-state index is 0.0399.